The van der Waals surface area contributed by atoms with Crippen LogP contribution in [0.15, 0.2) is 29.3 Å². The van der Waals surface area contributed by atoms with Gasteiger partial charge in [-0.15, -0.1) is 0 Å². The molecular weight excluding hydrogens is 324 g/mol. The summed E-state index contributed by atoms with van der Waals surface area (Å²) in [5, 5.41) is 6.46. The lowest BCUT2D eigenvalue weighted by Gasteiger charge is -2.37. The number of guanidine groups is 1. The van der Waals surface area contributed by atoms with Gasteiger partial charge in [-0.25, -0.2) is 0 Å². The molecule has 144 valence electrons. The first-order valence-electron chi connectivity index (χ1n) is 9.78. The maximum atomic E-state index is 12.2. The van der Waals surface area contributed by atoms with E-state index < -0.39 is 0 Å². The van der Waals surface area contributed by atoms with Gasteiger partial charge < -0.3 is 15.5 Å². The van der Waals surface area contributed by atoms with Crippen molar-refractivity contribution >= 4 is 11.9 Å². The van der Waals surface area contributed by atoms with Gasteiger partial charge in [0.25, 0.3) is 5.91 Å². The quantitative estimate of drug-likeness (QED) is 0.627. The second-order valence-electron chi connectivity index (χ2n) is 7.73. The van der Waals surface area contributed by atoms with Crippen LogP contribution in [0.1, 0.15) is 56.5 Å². The largest absolute Gasteiger partial charge is 0.352 e. The number of hydrogen-bond acceptors (Lipinski definition) is 2. The Bertz CT molecular complexity index is 601. The molecule has 1 heterocycles. The van der Waals surface area contributed by atoms with Crippen molar-refractivity contribution in [3.8, 4) is 0 Å². The van der Waals surface area contributed by atoms with E-state index in [1.165, 1.54) is 6.42 Å². The van der Waals surface area contributed by atoms with Crippen molar-refractivity contribution in [1.29, 1.82) is 0 Å². The Hall–Kier alpha value is -2.04. The van der Waals surface area contributed by atoms with E-state index in [1.807, 2.05) is 38.2 Å². The van der Waals surface area contributed by atoms with E-state index in [4.69, 9.17) is 0 Å². The molecule has 2 rings (SSSR count). The predicted molar refractivity (Wildman–Crippen MR) is 108 cm³/mol. The lowest BCUT2D eigenvalue weighted by molar-refractivity contribution is 0.0939. The van der Waals surface area contributed by atoms with Crippen LogP contribution < -0.4 is 10.6 Å². The molecule has 5 nitrogen and oxygen atoms in total. The minimum Gasteiger partial charge on any atom is -0.352 e. The first-order chi connectivity index (χ1) is 12.4. The van der Waals surface area contributed by atoms with Crippen LogP contribution >= 0.6 is 0 Å². The molecule has 1 aliphatic heterocycles. The van der Waals surface area contributed by atoms with Gasteiger partial charge in [0.15, 0.2) is 5.96 Å². The number of benzene rings is 1. The molecule has 0 aliphatic carbocycles. The number of carbonyl (C=O) groups is 1. The van der Waals surface area contributed by atoms with Gasteiger partial charge in [-0.05, 0) is 49.3 Å². The minimum atomic E-state index is -0.00837. The fourth-order valence-corrected chi connectivity index (χ4v) is 3.53. The zero-order valence-corrected chi connectivity index (χ0v) is 16.9. The molecular formula is C21H34N4O. The van der Waals surface area contributed by atoms with Gasteiger partial charge in [-0.3, -0.25) is 9.79 Å². The maximum absolute atomic E-state index is 12.2. The molecule has 0 radical (unpaired) electrons. The van der Waals surface area contributed by atoms with Crippen LogP contribution in [0, 0.1) is 11.8 Å². The normalized spacial score (nSPS) is 22.0. The second-order valence-corrected chi connectivity index (χ2v) is 7.73. The number of aliphatic imine (C=N–C) groups is 1. The van der Waals surface area contributed by atoms with E-state index in [0.29, 0.717) is 23.9 Å². The van der Waals surface area contributed by atoms with Crippen LogP contribution in [0.25, 0.3) is 0 Å². The van der Waals surface area contributed by atoms with Gasteiger partial charge in [-0.1, -0.05) is 32.9 Å². The average molecular weight is 359 g/mol. The number of piperidine rings is 1. The number of carbonyl (C=O) groups excluding carboxylic acids is 1. The van der Waals surface area contributed by atoms with Gasteiger partial charge in [0, 0.05) is 38.3 Å². The molecule has 1 aliphatic rings. The lowest BCUT2D eigenvalue weighted by atomic mass is 9.92. The summed E-state index contributed by atoms with van der Waals surface area (Å²) in [5.41, 5.74) is 1.85. The topological polar surface area (TPSA) is 56.7 Å². The second kappa shape index (κ2) is 9.60. The molecule has 1 saturated heterocycles. The number of amides is 1. The highest BCUT2D eigenvalue weighted by atomic mass is 16.1. The first-order valence-corrected chi connectivity index (χ1v) is 9.78. The average Bonchev–Trinajstić information content (AvgIpc) is 2.61. The number of nitrogens with zero attached hydrogens (tertiary/aromatic N) is 2. The third-order valence-corrected chi connectivity index (χ3v) is 5.04. The van der Waals surface area contributed by atoms with Crippen molar-refractivity contribution in [1.82, 2.24) is 15.5 Å². The van der Waals surface area contributed by atoms with Crippen LogP contribution in [0.5, 0.6) is 0 Å². The van der Waals surface area contributed by atoms with Gasteiger partial charge in [0.1, 0.15) is 0 Å². The highest BCUT2D eigenvalue weighted by molar-refractivity contribution is 5.94. The minimum absolute atomic E-state index is 0.00837. The van der Waals surface area contributed by atoms with E-state index in [1.54, 1.807) is 0 Å². The predicted octanol–water partition coefficient (Wildman–Crippen LogP) is 3.27. The Morgan fingerprint density at radius 1 is 1.23 bits per heavy atom. The van der Waals surface area contributed by atoms with Crippen LogP contribution in [-0.4, -0.2) is 42.9 Å². The van der Waals surface area contributed by atoms with Gasteiger partial charge in [-0.2, -0.15) is 0 Å². The molecule has 0 spiro atoms. The summed E-state index contributed by atoms with van der Waals surface area (Å²) in [6.45, 7) is 11.5. The summed E-state index contributed by atoms with van der Waals surface area (Å²) < 4.78 is 0. The molecule has 1 fully saturated rings. The number of hydrogen-bond donors (Lipinski definition) is 2. The summed E-state index contributed by atoms with van der Waals surface area (Å²) in [4.78, 5) is 19.0. The van der Waals surface area contributed by atoms with Gasteiger partial charge in [0.2, 0.25) is 0 Å². The highest BCUT2D eigenvalue weighted by Crippen LogP contribution is 2.20. The molecule has 0 bridgehead atoms. The third kappa shape index (κ3) is 5.75. The maximum Gasteiger partial charge on any atom is 0.251 e. The molecule has 2 N–H and O–H groups in total. The van der Waals surface area contributed by atoms with E-state index in [2.05, 4.69) is 41.3 Å². The van der Waals surface area contributed by atoms with E-state index in [9.17, 15) is 4.79 Å². The standard InChI is InChI=1S/C21H34N4O/c1-6-17(4)24-20(26)19-9-7-18(8-10-19)12-23-21(22-5)25-13-15(2)11-16(3)14-25/h7-10,15-17H,6,11-14H2,1-5H3,(H,22,23)(H,24,26). The van der Waals surface area contributed by atoms with Crippen LogP contribution in [0.2, 0.25) is 0 Å². The van der Waals surface area contributed by atoms with E-state index >= 15 is 0 Å². The van der Waals surface area contributed by atoms with Crippen molar-refractivity contribution in [2.75, 3.05) is 20.1 Å². The molecule has 0 saturated carbocycles. The smallest absolute Gasteiger partial charge is 0.251 e. The van der Waals surface area contributed by atoms with Crippen molar-refractivity contribution in [3.05, 3.63) is 35.4 Å². The summed E-state index contributed by atoms with van der Waals surface area (Å²) >= 11 is 0. The monoisotopic (exact) mass is 358 g/mol. The Balaban J connectivity index is 1.91. The van der Waals surface area contributed by atoms with E-state index in [-0.39, 0.29) is 11.9 Å². The number of rotatable bonds is 5. The molecule has 3 unspecified atom stereocenters. The van der Waals surface area contributed by atoms with Crippen molar-refractivity contribution in [2.45, 2.75) is 53.1 Å². The number of likely N-dealkylation sites (tertiary alicyclic amines) is 1. The summed E-state index contributed by atoms with van der Waals surface area (Å²) in [6, 6.07) is 7.99. The molecule has 1 amide bonds. The highest BCUT2D eigenvalue weighted by Gasteiger charge is 2.23. The molecule has 5 heteroatoms. The summed E-state index contributed by atoms with van der Waals surface area (Å²) in [5.74, 6) is 2.34. The zero-order valence-electron chi connectivity index (χ0n) is 16.9. The number of nitrogens with one attached hydrogen (secondary N) is 2. The SMILES string of the molecule is CCC(C)NC(=O)c1ccc(CNC(=NC)N2CC(C)CC(C)C2)cc1. The van der Waals surface area contributed by atoms with Crippen LogP contribution in [0.4, 0.5) is 0 Å². The third-order valence-electron chi connectivity index (χ3n) is 5.04. The molecule has 0 aromatic heterocycles. The Morgan fingerprint density at radius 2 is 1.85 bits per heavy atom. The van der Waals surface area contributed by atoms with Crippen LogP contribution in [-0.2, 0) is 6.54 Å². The fourth-order valence-electron chi connectivity index (χ4n) is 3.53. The molecule has 1 aromatic rings. The first kappa shape index (κ1) is 20.3. The summed E-state index contributed by atoms with van der Waals surface area (Å²) in [6.07, 6.45) is 2.22. The lowest BCUT2D eigenvalue weighted by Crippen LogP contribution is -2.48. The Kier molecular flexibility index (Phi) is 7.49. The molecule has 3 atom stereocenters. The fraction of sp³-hybridized carbons (Fsp3) is 0.619. The van der Waals surface area contributed by atoms with Crippen molar-refractivity contribution in [3.63, 3.8) is 0 Å². The van der Waals surface area contributed by atoms with Crippen LogP contribution in [0.3, 0.4) is 0 Å². The Labute approximate surface area is 158 Å². The molecule has 26 heavy (non-hydrogen) atoms. The van der Waals surface area contributed by atoms with E-state index in [0.717, 1.165) is 31.0 Å². The molecule has 1 aromatic carbocycles. The van der Waals surface area contributed by atoms with Crippen molar-refractivity contribution < 1.29 is 4.79 Å². The Morgan fingerprint density at radius 3 is 2.38 bits per heavy atom. The van der Waals surface area contributed by atoms with Crippen molar-refractivity contribution in [2.24, 2.45) is 16.8 Å². The zero-order chi connectivity index (χ0) is 19.1. The van der Waals surface area contributed by atoms with Gasteiger partial charge >= 0.3 is 0 Å². The summed E-state index contributed by atoms with van der Waals surface area (Å²) in [7, 11) is 1.84. The van der Waals surface area contributed by atoms with Gasteiger partial charge in [0.05, 0.1) is 0 Å².